The van der Waals surface area contributed by atoms with Gasteiger partial charge in [0.05, 0.1) is 0 Å². The summed E-state index contributed by atoms with van der Waals surface area (Å²) >= 11 is 6.21. The van der Waals surface area contributed by atoms with Crippen molar-refractivity contribution in [3.63, 3.8) is 0 Å². The molecule has 1 aromatic heterocycles. The van der Waals surface area contributed by atoms with Crippen LogP contribution < -0.4 is 0 Å². The van der Waals surface area contributed by atoms with Gasteiger partial charge >= 0.3 is 0 Å². The third-order valence-corrected chi connectivity index (χ3v) is 2.82. The van der Waals surface area contributed by atoms with E-state index in [0.717, 1.165) is 5.82 Å². The molecular weight excluding hydrogens is 188 g/mol. The van der Waals surface area contributed by atoms with E-state index >= 15 is 0 Å². The van der Waals surface area contributed by atoms with Crippen molar-refractivity contribution in [1.82, 2.24) is 20.2 Å². The predicted molar refractivity (Wildman–Crippen MR) is 51.6 cm³/mol. The van der Waals surface area contributed by atoms with Crippen LogP contribution in [0.5, 0.6) is 0 Å². The van der Waals surface area contributed by atoms with Crippen LogP contribution >= 0.6 is 11.6 Å². The first-order chi connectivity index (χ1) is 5.91. The molecule has 0 saturated carbocycles. The SMILES string of the molecule is Cn1nnnc1CC(Cl)C(C)(C)C. The quantitative estimate of drug-likeness (QED) is 0.682. The number of aryl methyl sites for hydroxylation is 1. The number of nitrogens with zero attached hydrogens (tertiary/aromatic N) is 4. The van der Waals surface area contributed by atoms with Gasteiger partial charge in [-0.3, -0.25) is 0 Å². The van der Waals surface area contributed by atoms with Gasteiger partial charge in [0.25, 0.3) is 0 Å². The van der Waals surface area contributed by atoms with E-state index in [-0.39, 0.29) is 10.8 Å². The highest BCUT2D eigenvalue weighted by atomic mass is 35.5. The van der Waals surface area contributed by atoms with Crippen molar-refractivity contribution in [2.45, 2.75) is 32.6 Å². The maximum atomic E-state index is 6.21. The van der Waals surface area contributed by atoms with E-state index in [4.69, 9.17) is 11.6 Å². The van der Waals surface area contributed by atoms with Crippen LogP contribution in [0.4, 0.5) is 0 Å². The summed E-state index contributed by atoms with van der Waals surface area (Å²) in [5, 5.41) is 11.2. The maximum Gasteiger partial charge on any atom is 0.152 e. The van der Waals surface area contributed by atoms with E-state index in [1.165, 1.54) is 0 Å². The molecule has 4 nitrogen and oxygen atoms in total. The molecule has 0 fully saturated rings. The van der Waals surface area contributed by atoms with Gasteiger partial charge in [-0.15, -0.1) is 16.7 Å². The van der Waals surface area contributed by atoms with Gasteiger partial charge in [0.1, 0.15) is 0 Å². The Labute approximate surface area is 83.3 Å². The first kappa shape index (κ1) is 10.4. The Bertz CT molecular complexity index is 276. The van der Waals surface area contributed by atoms with Crippen LogP contribution in [-0.4, -0.2) is 25.6 Å². The highest BCUT2D eigenvalue weighted by Gasteiger charge is 2.24. The summed E-state index contributed by atoms with van der Waals surface area (Å²) in [7, 11) is 1.82. The van der Waals surface area contributed by atoms with Gasteiger partial charge in [-0.1, -0.05) is 20.8 Å². The van der Waals surface area contributed by atoms with Crippen LogP contribution in [0.1, 0.15) is 26.6 Å². The zero-order valence-electron chi connectivity index (χ0n) is 8.45. The molecule has 1 heterocycles. The minimum absolute atomic E-state index is 0.0530. The number of halogens is 1. The summed E-state index contributed by atoms with van der Waals surface area (Å²) in [5.41, 5.74) is 0.0769. The number of aromatic nitrogens is 4. The van der Waals surface area contributed by atoms with E-state index < -0.39 is 0 Å². The smallest absolute Gasteiger partial charge is 0.152 e. The molecule has 0 spiro atoms. The molecule has 1 atom stereocenters. The molecule has 1 rings (SSSR count). The number of rotatable bonds is 2. The number of tetrazole rings is 1. The van der Waals surface area contributed by atoms with Crippen LogP contribution in [0.2, 0.25) is 0 Å². The average Bonchev–Trinajstić information content (AvgIpc) is 2.34. The summed E-state index contributed by atoms with van der Waals surface area (Å²) in [6, 6.07) is 0. The second-order valence-corrected chi connectivity index (χ2v) is 4.78. The highest BCUT2D eigenvalue weighted by molar-refractivity contribution is 6.21. The van der Waals surface area contributed by atoms with E-state index in [0.29, 0.717) is 6.42 Å². The maximum absolute atomic E-state index is 6.21. The Morgan fingerprint density at radius 2 is 2.08 bits per heavy atom. The van der Waals surface area contributed by atoms with Crippen LogP contribution in [0.15, 0.2) is 0 Å². The molecule has 13 heavy (non-hydrogen) atoms. The Morgan fingerprint density at radius 3 is 2.46 bits per heavy atom. The summed E-state index contributed by atoms with van der Waals surface area (Å²) in [4.78, 5) is 0. The fraction of sp³-hybridized carbons (Fsp3) is 0.875. The monoisotopic (exact) mass is 202 g/mol. The highest BCUT2D eigenvalue weighted by Crippen LogP contribution is 2.26. The summed E-state index contributed by atoms with van der Waals surface area (Å²) < 4.78 is 1.65. The molecule has 0 aliphatic rings. The Kier molecular flexibility index (Phi) is 2.91. The lowest BCUT2D eigenvalue weighted by Crippen LogP contribution is -2.24. The fourth-order valence-corrected chi connectivity index (χ4v) is 1.03. The van der Waals surface area contributed by atoms with Gasteiger partial charge in [-0.2, -0.15) is 0 Å². The van der Waals surface area contributed by atoms with Gasteiger partial charge in [0.2, 0.25) is 0 Å². The van der Waals surface area contributed by atoms with E-state index in [1.807, 2.05) is 7.05 Å². The molecule has 0 saturated heterocycles. The summed E-state index contributed by atoms with van der Waals surface area (Å²) in [6.45, 7) is 6.32. The first-order valence-electron chi connectivity index (χ1n) is 4.26. The predicted octanol–water partition coefficient (Wildman–Crippen LogP) is 1.41. The summed E-state index contributed by atoms with van der Waals surface area (Å²) in [6.07, 6.45) is 0.703. The lowest BCUT2D eigenvalue weighted by molar-refractivity contribution is 0.380. The van der Waals surface area contributed by atoms with Crippen LogP contribution in [0.3, 0.4) is 0 Å². The topological polar surface area (TPSA) is 43.6 Å². The van der Waals surface area contributed by atoms with Crippen molar-refractivity contribution >= 4 is 11.6 Å². The van der Waals surface area contributed by atoms with Gasteiger partial charge in [0.15, 0.2) is 5.82 Å². The molecule has 0 aliphatic heterocycles. The molecule has 0 aliphatic carbocycles. The van der Waals surface area contributed by atoms with Crippen LogP contribution in [-0.2, 0) is 13.5 Å². The zero-order chi connectivity index (χ0) is 10.1. The van der Waals surface area contributed by atoms with Gasteiger partial charge in [-0.25, -0.2) is 4.68 Å². The molecule has 0 N–H and O–H groups in total. The van der Waals surface area contributed by atoms with Crippen molar-refractivity contribution in [1.29, 1.82) is 0 Å². The molecular formula is C8H15ClN4. The number of hydrogen-bond donors (Lipinski definition) is 0. The molecule has 5 heteroatoms. The average molecular weight is 203 g/mol. The largest absolute Gasteiger partial charge is 0.233 e. The molecule has 0 amide bonds. The zero-order valence-corrected chi connectivity index (χ0v) is 9.21. The minimum atomic E-state index is 0.0530. The van der Waals surface area contributed by atoms with Gasteiger partial charge in [-0.05, 0) is 15.8 Å². The van der Waals surface area contributed by atoms with Crippen molar-refractivity contribution in [2.75, 3.05) is 0 Å². The standard InChI is InChI=1S/C8H15ClN4/c1-8(2,3)6(9)5-7-10-11-12-13(7)4/h6H,5H2,1-4H3. The van der Waals surface area contributed by atoms with Crippen molar-refractivity contribution < 1.29 is 0 Å². The lowest BCUT2D eigenvalue weighted by Gasteiger charge is -2.24. The Morgan fingerprint density at radius 1 is 1.46 bits per heavy atom. The van der Waals surface area contributed by atoms with E-state index in [1.54, 1.807) is 4.68 Å². The molecule has 0 radical (unpaired) electrons. The third kappa shape index (κ3) is 2.66. The van der Waals surface area contributed by atoms with E-state index in [2.05, 4.69) is 36.3 Å². The second-order valence-electron chi connectivity index (χ2n) is 4.26. The summed E-state index contributed by atoms with van der Waals surface area (Å²) in [5.74, 6) is 0.829. The van der Waals surface area contributed by atoms with Gasteiger partial charge in [0, 0.05) is 18.8 Å². The second kappa shape index (κ2) is 3.62. The van der Waals surface area contributed by atoms with Gasteiger partial charge < -0.3 is 0 Å². The molecule has 1 aromatic rings. The number of hydrogen-bond acceptors (Lipinski definition) is 3. The van der Waals surface area contributed by atoms with Crippen molar-refractivity contribution in [3.05, 3.63) is 5.82 Å². The van der Waals surface area contributed by atoms with Crippen LogP contribution in [0.25, 0.3) is 0 Å². The molecule has 1 unspecified atom stereocenters. The molecule has 0 aromatic carbocycles. The first-order valence-corrected chi connectivity index (χ1v) is 4.70. The molecule has 74 valence electrons. The Balaban J connectivity index is 2.65. The number of alkyl halides is 1. The molecule has 0 bridgehead atoms. The van der Waals surface area contributed by atoms with E-state index in [9.17, 15) is 0 Å². The van der Waals surface area contributed by atoms with Crippen molar-refractivity contribution in [3.8, 4) is 0 Å². The minimum Gasteiger partial charge on any atom is -0.233 e. The van der Waals surface area contributed by atoms with Crippen molar-refractivity contribution in [2.24, 2.45) is 12.5 Å². The third-order valence-electron chi connectivity index (χ3n) is 2.01. The Hall–Kier alpha value is -0.640. The normalized spacial score (nSPS) is 14.5. The van der Waals surface area contributed by atoms with Crippen LogP contribution in [0, 0.1) is 5.41 Å². The fourth-order valence-electron chi connectivity index (χ4n) is 0.887. The lowest BCUT2D eigenvalue weighted by atomic mass is 9.90.